The van der Waals surface area contributed by atoms with E-state index < -0.39 is 11.7 Å². The van der Waals surface area contributed by atoms with Crippen molar-refractivity contribution in [3.05, 3.63) is 76.4 Å². The van der Waals surface area contributed by atoms with Crippen LogP contribution in [0, 0.1) is 5.82 Å². The van der Waals surface area contributed by atoms with E-state index in [1.165, 1.54) is 24.5 Å². The van der Waals surface area contributed by atoms with Crippen molar-refractivity contribution in [3.63, 3.8) is 0 Å². The lowest BCUT2D eigenvalue weighted by atomic mass is 10.3. The second-order valence-corrected chi connectivity index (χ2v) is 5.82. The number of hydrogen-bond donors (Lipinski definition) is 2. The molecular formula is C17H11Cl2FN4O. The van der Waals surface area contributed by atoms with Crippen LogP contribution in [-0.4, -0.2) is 15.9 Å². The molecule has 126 valence electrons. The van der Waals surface area contributed by atoms with Gasteiger partial charge in [0.1, 0.15) is 23.7 Å². The molecule has 0 bridgehead atoms. The molecule has 0 saturated carbocycles. The number of rotatable bonds is 4. The van der Waals surface area contributed by atoms with Crippen molar-refractivity contribution in [3.8, 4) is 0 Å². The van der Waals surface area contributed by atoms with Gasteiger partial charge in [-0.25, -0.2) is 14.4 Å². The average molecular weight is 377 g/mol. The molecule has 8 heteroatoms. The Labute approximate surface area is 152 Å². The fraction of sp³-hybridized carbons (Fsp3) is 0. The quantitative estimate of drug-likeness (QED) is 0.678. The van der Waals surface area contributed by atoms with Crippen molar-refractivity contribution in [2.75, 3.05) is 10.6 Å². The van der Waals surface area contributed by atoms with Gasteiger partial charge in [0.25, 0.3) is 5.91 Å². The first-order valence-electron chi connectivity index (χ1n) is 7.13. The number of para-hydroxylation sites is 1. The summed E-state index contributed by atoms with van der Waals surface area (Å²) in [5, 5.41) is 6.20. The van der Waals surface area contributed by atoms with Crippen LogP contribution in [0.2, 0.25) is 10.0 Å². The van der Waals surface area contributed by atoms with E-state index in [-0.39, 0.29) is 17.2 Å². The van der Waals surface area contributed by atoms with Crippen LogP contribution in [0.5, 0.6) is 0 Å². The molecule has 0 spiro atoms. The summed E-state index contributed by atoms with van der Waals surface area (Å²) in [7, 11) is 0. The Bertz CT molecular complexity index is 936. The maximum Gasteiger partial charge on any atom is 0.274 e. The Morgan fingerprint density at radius 1 is 1.00 bits per heavy atom. The highest BCUT2D eigenvalue weighted by atomic mass is 35.5. The Hall–Kier alpha value is -2.70. The molecule has 0 aliphatic rings. The van der Waals surface area contributed by atoms with Crippen LogP contribution in [0.25, 0.3) is 0 Å². The first kappa shape index (κ1) is 17.1. The third kappa shape index (κ3) is 4.23. The van der Waals surface area contributed by atoms with Crippen molar-refractivity contribution in [1.82, 2.24) is 9.97 Å². The van der Waals surface area contributed by atoms with E-state index in [1.54, 1.807) is 30.3 Å². The van der Waals surface area contributed by atoms with E-state index in [2.05, 4.69) is 20.6 Å². The standard InChI is InChI=1S/C17H11Cl2FN4O/c18-10-5-6-13(11(19)7-10)24-17(25)15-8-16(22-9-21-15)23-14-4-2-1-3-12(14)20/h1-9H,(H,24,25)(H,21,22,23). The van der Waals surface area contributed by atoms with Crippen LogP contribution in [0.15, 0.2) is 54.9 Å². The molecule has 25 heavy (non-hydrogen) atoms. The van der Waals surface area contributed by atoms with Gasteiger partial charge in [0, 0.05) is 11.1 Å². The number of amides is 1. The van der Waals surface area contributed by atoms with Gasteiger partial charge in [-0.1, -0.05) is 35.3 Å². The van der Waals surface area contributed by atoms with Gasteiger partial charge in [0.05, 0.1) is 16.4 Å². The molecule has 0 aliphatic heterocycles. The smallest absolute Gasteiger partial charge is 0.274 e. The van der Waals surface area contributed by atoms with Crippen LogP contribution in [0.4, 0.5) is 21.6 Å². The van der Waals surface area contributed by atoms with Gasteiger partial charge < -0.3 is 10.6 Å². The largest absolute Gasteiger partial charge is 0.338 e. The third-order valence-electron chi connectivity index (χ3n) is 3.22. The lowest BCUT2D eigenvalue weighted by Gasteiger charge is -2.09. The summed E-state index contributed by atoms with van der Waals surface area (Å²) >= 11 is 11.9. The Kier molecular flexibility index (Phi) is 5.11. The van der Waals surface area contributed by atoms with E-state index in [0.717, 1.165) is 0 Å². The van der Waals surface area contributed by atoms with Crippen LogP contribution in [-0.2, 0) is 0 Å². The summed E-state index contributed by atoms with van der Waals surface area (Å²) in [6, 6.07) is 12.3. The zero-order chi connectivity index (χ0) is 17.8. The number of hydrogen-bond acceptors (Lipinski definition) is 4. The summed E-state index contributed by atoms with van der Waals surface area (Å²) in [5.41, 5.74) is 0.742. The highest BCUT2D eigenvalue weighted by Crippen LogP contribution is 2.26. The Balaban J connectivity index is 1.79. The molecule has 0 fully saturated rings. The minimum atomic E-state index is -0.483. The van der Waals surface area contributed by atoms with Gasteiger partial charge in [-0.3, -0.25) is 4.79 Å². The summed E-state index contributed by atoms with van der Waals surface area (Å²) in [5.74, 6) is -0.629. The van der Waals surface area contributed by atoms with Crippen LogP contribution >= 0.6 is 23.2 Å². The summed E-state index contributed by atoms with van der Waals surface area (Å²) in [4.78, 5) is 20.2. The van der Waals surface area contributed by atoms with Crippen molar-refractivity contribution in [1.29, 1.82) is 0 Å². The van der Waals surface area contributed by atoms with E-state index in [1.807, 2.05) is 0 Å². The molecule has 2 N–H and O–H groups in total. The van der Waals surface area contributed by atoms with E-state index in [4.69, 9.17) is 23.2 Å². The highest BCUT2D eigenvalue weighted by Gasteiger charge is 2.12. The highest BCUT2D eigenvalue weighted by molar-refractivity contribution is 6.36. The monoisotopic (exact) mass is 376 g/mol. The predicted octanol–water partition coefficient (Wildman–Crippen LogP) is 4.92. The second-order valence-electron chi connectivity index (χ2n) is 4.97. The van der Waals surface area contributed by atoms with Gasteiger partial charge >= 0.3 is 0 Å². The zero-order valence-corrected chi connectivity index (χ0v) is 14.1. The molecule has 0 saturated heterocycles. The maximum absolute atomic E-state index is 13.7. The number of anilines is 3. The zero-order valence-electron chi connectivity index (χ0n) is 12.6. The van der Waals surface area contributed by atoms with Crippen LogP contribution in [0.3, 0.4) is 0 Å². The lowest BCUT2D eigenvalue weighted by molar-refractivity contribution is 0.102. The summed E-state index contributed by atoms with van der Waals surface area (Å²) < 4.78 is 13.7. The molecule has 3 rings (SSSR count). The minimum absolute atomic E-state index is 0.0971. The summed E-state index contributed by atoms with van der Waals surface area (Å²) in [6.07, 6.45) is 1.21. The number of halogens is 3. The van der Waals surface area contributed by atoms with Gasteiger partial charge in [-0.15, -0.1) is 0 Å². The second kappa shape index (κ2) is 7.46. The van der Waals surface area contributed by atoms with Gasteiger partial charge in [-0.2, -0.15) is 0 Å². The van der Waals surface area contributed by atoms with Gasteiger partial charge in [0.2, 0.25) is 0 Å². The SMILES string of the molecule is O=C(Nc1ccc(Cl)cc1Cl)c1cc(Nc2ccccc2F)ncn1. The molecule has 0 atom stereocenters. The molecule has 5 nitrogen and oxygen atoms in total. The molecule has 2 aromatic carbocycles. The van der Waals surface area contributed by atoms with Crippen molar-refractivity contribution >= 4 is 46.3 Å². The van der Waals surface area contributed by atoms with E-state index in [9.17, 15) is 9.18 Å². The van der Waals surface area contributed by atoms with Gasteiger partial charge in [-0.05, 0) is 30.3 Å². The fourth-order valence-electron chi connectivity index (χ4n) is 2.03. The summed E-state index contributed by atoms with van der Waals surface area (Å²) in [6.45, 7) is 0. The first-order chi connectivity index (χ1) is 12.0. The fourth-order valence-corrected chi connectivity index (χ4v) is 2.48. The van der Waals surface area contributed by atoms with E-state index >= 15 is 0 Å². The third-order valence-corrected chi connectivity index (χ3v) is 3.76. The molecule has 3 aromatic rings. The normalized spacial score (nSPS) is 10.4. The lowest BCUT2D eigenvalue weighted by Crippen LogP contribution is -2.14. The average Bonchev–Trinajstić information content (AvgIpc) is 2.60. The number of carbonyl (C=O) groups excluding carboxylic acids is 1. The van der Waals surface area contributed by atoms with Crippen molar-refractivity contribution in [2.45, 2.75) is 0 Å². The molecule has 1 aromatic heterocycles. The van der Waals surface area contributed by atoms with Crippen molar-refractivity contribution in [2.24, 2.45) is 0 Å². The van der Waals surface area contributed by atoms with Crippen molar-refractivity contribution < 1.29 is 9.18 Å². The van der Waals surface area contributed by atoms with Crippen LogP contribution in [0.1, 0.15) is 10.5 Å². The Morgan fingerprint density at radius 3 is 2.56 bits per heavy atom. The molecule has 0 radical (unpaired) electrons. The number of nitrogens with zero attached hydrogens (tertiary/aromatic N) is 2. The Morgan fingerprint density at radius 2 is 1.80 bits per heavy atom. The number of aromatic nitrogens is 2. The molecule has 0 aliphatic carbocycles. The molecule has 1 amide bonds. The molecule has 1 heterocycles. The number of carbonyl (C=O) groups is 1. The van der Waals surface area contributed by atoms with Gasteiger partial charge in [0.15, 0.2) is 0 Å². The number of benzene rings is 2. The molecule has 0 unspecified atom stereocenters. The van der Waals surface area contributed by atoms with E-state index in [0.29, 0.717) is 15.7 Å². The predicted molar refractivity (Wildman–Crippen MR) is 96.1 cm³/mol. The topological polar surface area (TPSA) is 66.9 Å². The van der Waals surface area contributed by atoms with Crippen LogP contribution < -0.4 is 10.6 Å². The number of nitrogens with one attached hydrogen (secondary N) is 2. The molecular weight excluding hydrogens is 366 g/mol. The maximum atomic E-state index is 13.7. The minimum Gasteiger partial charge on any atom is -0.338 e. The first-order valence-corrected chi connectivity index (χ1v) is 7.88.